The number of pyridine rings is 1. The SMILES string of the molecule is CCCn1cccc1C(=O)Nc1cnccc1C(=O)O. The maximum atomic E-state index is 12.2. The summed E-state index contributed by atoms with van der Waals surface area (Å²) >= 11 is 0. The fourth-order valence-corrected chi connectivity index (χ4v) is 1.92. The number of carbonyl (C=O) groups is 2. The largest absolute Gasteiger partial charge is 0.478 e. The van der Waals surface area contributed by atoms with Crippen LogP contribution in [-0.2, 0) is 6.54 Å². The van der Waals surface area contributed by atoms with E-state index in [2.05, 4.69) is 10.3 Å². The maximum absolute atomic E-state index is 12.2. The molecule has 2 N–H and O–H groups in total. The highest BCUT2D eigenvalue weighted by Gasteiger charge is 2.15. The molecule has 2 rings (SSSR count). The van der Waals surface area contributed by atoms with Gasteiger partial charge in [0.05, 0.1) is 17.4 Å². The predicted octanol–water partition coefficient (Wildman–Crippen LogP) is 2.24. The Bertz CT molecular complexity index is 634. The first-order valence-corrected chi connectivity index (χ1v) is 6.27. The topological polar surface area (TPSA) is 84.2 Å². The summed E-state index contributed by atoms with van der Waals surface area (Å²) in [6.07, 6.45) is 5.43. The summed E-state index contributed by atoms with van der Waals surface area (Å²) in [5.74, 6) is -1.45. The van der Waals surface area contributed by atoms with Crippen LogP contribution in [0.1, 0.15) is 34.2 Å². The highest BCUT2D eigenvalue weighted by atomic mass is 16.4. The van der Waals surface area contributed by atoms with Gasteiger partial charge in [-0.3, -0.25) is 9.78 Å². The van der Waals surface area contributed by atoms with E-state index in [9.17, 15) is 9.59 Å². The number of amides is 1. The maximum Gasteiger partial charge on any atom is 0.337 e. The molecule has 0 atom stereocenters. The van der Waals surface area contributed by atoms with E-state index in [1.165, 1.54) is 18.5 Å². The summed E-state index contributed by atoms with van der Waals surface area (Å²) in [6.45, 7) is 2.75. The van der Waals surface area contributed by atoms with Crippen LogP contribution in [0.5, 0.6) is 0 Å². The van der Waals surface area contributed by atoms with Gasteiger partial charge < -0.3 is 15.0 Å². The van der Waals surface area contributed by atoms with Gasteiger partial charge in [0.1, 0.15) is 5.69 Å². The molecular formula is C14H15N3O3. The van der Waals surface area contributed by atoms with Crippen molar-refractivity contribution in [3.63, 3.8) is 0 Å². The molecule has 0 aliphatic heterocycles. The molecule has 0 bridgehead atoms. The molecular weight excluding hydrogens is 258 g/mol. The number of hydrogen-bond acceptors (Lipinski definition) is 3. The molecule has 1 amide bonds. The summed E-state index contributed by atoms with van der Waals surface area (Å²) in [7, 11) is 0. The Morgan fingerprint density at radius 2 is 2.20 bits per heavy atom. The molecule has 2 aromatic heterocycles. The summed E-state index contributed by atoms with van der Waals surface area (Å²) in [6, 6.07) is 4.83. The molecule has 0 aliphatic rings. The highest BCUT2D eigenvalue weighted by Crippen LogP contribution is 2.15. The first kappa shape index (κ1) is 13.8. The number of nitrogens with one attached hydrogen (secondary N) is 1. The van der Waals surface area contributed by atoms with Crippen LogP contribution in [0.25, 0.3) is 0 Å². The number of aryl methyl sites for hydroxylation is 1. The third-order valence-corrected chi connectivity index (χ3v) is 2.83. The Labute approximate surface area is 116 Å². The van der Waals surface area contributed by atoms with Crippen molar-refractivity contribution in [3.8, 4) is 0 Å². The molecule has 6 nitrogen and oxygen atoms in total. The summed E-state index contributed by atoms with van der Waals surface area (Å²) in [5, 5.41) is 11.7. The molecule has 0 aromatic carbocycles. The first-order chi connectivity index (χ1) is 9.63. The standard InChI is InChI=1S/C14H15N3O3/c1-2-7-17-8-3-4-12(17)13(18)16-11-9-15-6-5-10(11)14(19)20/h3-6,8-9H,2,7H2,1H3,(H,16,18)(H,19,20). The number of hydrogen-bond donors (Lipinski definition) is 2. The minimum Gasteiger partial charge on any atom is -0.478 e. The van der Waals surface area contributed by atoms with Crippen molar-refractivity contribution in [2.24, 2.45) is 0 Å². The molecule has 0 unspecified atom stereocenters. The van der Waals surface area contributed by atoms with E-state index in [0.29, 0.717) is 5.69 Å². The van der Waals surface area contributed by atoms with Gasteiger partial charge in [-0.2, -0.15) is 0 Å². The predicted molar refractivity (Wildman–Crippen MR) is 73.9 cm³/mol. The molecule has 104 valence electrons. The van der Waals surface area contributed by atoms with E-state index in [0.717, 1.165) is 13.0 Å². The third kappa shape index (κ3) is 2.85. The van der Waals surface area contributed by atoms with Gasteiger partial charge in [0.15, 0.2) is 0 Å². The summed E-state index contributed by atoms with van der Waals surface area (Å²) in [4.78, 5) is 27.1. The number of carbonyl (C=O) groups excluding carboxylic acids is 1. The first-order valence-electron chi connectivity index (χ1n) is 6.27. The van der Waals surface area contributed by atoms with Crippen LogP contribution < -0.4 is 5.32 Å². The zero-order chi connectivity index (χ0) is 14.5. The van der Waals surface area contributed by atoms with Crippen LogP contribution in [0.4, 0.5) is 5.69 Å². The summed E-state index contributed by atoms with van der Waals surface area (Å²) in [5.41, 5.74) is 0.697. The van der Waals surface area contributed by atoms with Crippen molar-refractivity contribution >= 4 is 17.6 Å². The van der Waals surface area contributed by atoms with Crippen LogP contribution in [0, 0.1) is 0 Å². The summed E-state index contributed by atoms with van der Waals surface area (Å²) < 4.78 is 1.83. The van der Waals surface area contributed by atoms with Gasteiger partial charge in [-0.15, -0.1) is 0 Å². The Morgan fingerprint density at radius 3 is 2.90 bits per heavy atom. The van der Waals surface area contributed by atoms with E-state index in [4.69, 9.17) is 5.11 Å². The van der Waals surface area contributed by atoms with Crippen LogP contribution in [-0.4, -0.2) is 26.5 Å². The van der Waals surface area contributed by atoms with E-state index < -0.39 is 5.97 Å². The molecule has 0 radical (unpaired) electrons. The molecule has 6 heteroatoms. The smallest absolute Gasteiger partial charge is 0.337 e. The Morgan fingerprint density at radius 1 is 1.40 bits per heavy atom. The Kier molecular flexibility index (Phi) is 4.14. The highest BCUT2D eigenvalue weighted by molar-refractivity contribution is 6.06. The molecule has 0 saturated carbocycles. The Hall–Kier alpha value is -2.63. The van der Waals surface area contributed by atoms with Gasteiger partial charge in [-0.05, 0) is 24.6 Å². The number of anilines is 1. The van der Waals surface area contributed by atoms with Crippen LogP contribution in [0.2, 0.25) is 0 Å². The van der Waals surface area contributed by atoms with E-state index in [1.807, 2.05) is 17.7 Å². The number of carboxylic acid groups (broad SMARTS) is 1. The van der Waals surface area contributed by atoms with Crippen molar-refractivity contribution in [2.75, 3.05) is 5.32 Å². The quantitative estimate of drug-likeness (QED) is 0.875. The normalized spacial score (nSPS) is 10.2. The monoisotopic (exact) mass is 273 g/mol. The lowest BCUT2D eigenvalue weighted by Crippen LogP contribution is -2.18. The van der Waals surface area contributed by atoms with Gasteiger partial charge in [0, 0.05) is 18.9 Å². The van der Waals surface area contributed by atoms with Crippen LogP contribution >= 0.6 is 0 Å². The fraction of sp³-hybridized carbons (Fsp3) is 0.214. The third-order valence-electron chi connectivity index (χ3n) is 2.83. The van der Waals surface area contributed by atoms with Gasteiger partial charge in [-0.1, -0.05) is 6.92 Å². The second kappa shape index (κ2) is 6.01. The molecule has 2 heterocycles. The molecule has 2 aromatic rings. The van der Waals surface area contributed by atoms with Crippen molar-refractivity contribution in [3.05, 3.63) is 48.0 Å². The molecule has 20 heavy (non-hydrogen) atoms. The number of nitrogens with zero attached hydrogens (tertiary/aromatic N) is 2. The minimum atomic E-state index is -1.10. The average Bonchev–Trinajstić information content (AvgIpc) is 2.88. The molecule has 0 spiro atoms. The van der Waals surface area contributed by atoms with Crippen molar-refractivity contribution < 1.29 is 14.7 Å². The minimum absolute atomic E-state index is 0.0157. The lowest BCUT2D eigenvalue weighted by molar-refractivity contribution is 0.0698. The zero-order valence-electron chi connectivity index (χ0n) is 11.0. The van der Waals surface area contributed by atoms with E-state index in [1.54, 1.807) is 12.1 Å². The second-order valence-electron chi connectivity index (χ2n) is 4.27. The van der Waals surface area contributed by atoms with Crippen molar-refractivity contribution in [1.29, 1.82) is 0 Å². The number of aromatic carboxylic acids is 1. The van der Waals surface area contributed by atoms with Crippen molar-refractivity contribution in [1.82, 2.24) is 9.55 Å². The van der Waals surface area contributed by atoms with Gasteiger partial charge in [0.25, 0.3) is 5.91 Å². The zero-order valence-corrected chi connectivity index (χ0v) is 11.0. The van der Waals surface area contributed by atoms with Gasteiger partial charge in [-0.25, -0.2) is 4.79 Å². The lowest BCUT2D eigenvalue weighted by atomic mass is 10.2. The molecule has 0 fully saturated rings. The van der Waals surface area contributed by atoms with E-state index >= 15 is 0 Å². The fourth-order valence-electron chi connectivity index (χ4n) is 1.92. The van der Waals surface area contributed by atoms with E-state index in [-0.39, 0.29) is 17.2 Å². The van der Waals surface area contributed by atoms with Gasteiger partial charge in [0.2, 0.25) is 0 Å². The number of rotatable bonds is 5. The Balaban J connectivity index is 2.24. The van der Waals surface area contributed by atoms with Gasteiger partial charge >= 0.3 is 5.97 Å². The second-order valence-corrected chi connectivity index (χ2v) is 4.27. The van der Waals surface area contributed by atoms with Crippen molar-refractivity contribution in [2.45, 2.75) is 19.9 Å². The van der Waals surface area contributed by atoms with Crippen LogP contribution in [0.3, 0.4) is 0 Å². The number of aromatic nitrogens is 2. The average molecular weight is 273 g/mol. The molecule has 0 aliphatic carbocycles. The van der Waals surface area contributed by atoms with Crippen LogP contribution in [0.15, 0.2) is 36.8 Å². The molecule has 0 saturated heterocycles. The lowest BCUT2D eigenvalue weighted by Gasteiger charge is -2.10. The number of carboxylic acids is 1.